The molecule has 2 unspecified atom stereocenters. The van der Waals surface area contributed by atoms with Crippen LogP contribution in [0.3, 0.4) is 0 Å². The van der Waals surface area contributed by atoms with E-state index in [0.29, 0.717) is 31.4 Å². The molecule has 0 aliphatic carbocycles. The summed E-state index contributed by atoms with van der Waals surface area (Å²) in [6.45, 7) is 4.21. The van der Waals surface area contributed by atoms with E-state index in [1.807, 2.05) is 13.8 Å². The number of carbonyl (C=O) groups excluding carboxylic acids is 1. The number of nitrogens with two attached hydrogens (primary N) is 1. The van der Waals surface area contributed by atoms with Gasteiger partial charge in [0.15, 0.2) is 11.9 Å². The van der Waals surface area contributed by atoms with Gasteiger partial charge in [0, 0.05) is 6.54 Å². The van der Waals surface area contributed by atoms with Crippen molar-refractivity contribution < 1.29 is 27.1 Å². The Morgan fingerprint density at radius 2 is 1.94 bits per heavy atom. The quantitative estimate of drug-likeness (QED) is 0.651. The fraction of sp³-hybridized carbons (Fsp3) is 0.476. The number of halogens is 4. The summed E-state index contributed by atoms with van der Waals surface area (Å²) in [7, 11) is 0. The van der Waals surface area contributed by atoms with Crippen LogP contribution >= 0.6 is 0 Å². The molecule has 3 rings (SSSR count). The zero-order valence-electron chi connectivity index (χ0n) is 17.2. The summed E-state index contributed by atoms with van der Waals surface area (Å²) in [5, 5.41) is 0. The van der Waals surface area contributed by atoms with Crippen molar-refractivity contribution in [3.8, 4) is 5.88 Å². The topological polar surface area (TPSA) is 81.3 Å². The van der Waals surface area contributed by atoms with Gasteiger partial charge in [-0.1, -0.05) is 26.0 Å². The normalized spacial score (nSPS) is 17.8. The molecule has 1 fully saturated rings. The van der Waals surface area contributed by atoms with E-state index in [4.69, 9.17) is 10.5 Å². The third kappa shape index (κ3) is 5.23. The number of nitrogens with zero attached hydrogens (tertiary/aromatic N) is 3. The fourth-order valence-electron chi connectivity index (χ4n) is 3.67. The number of amides is 1. The van der Waals surface area contributed by atoms with Gasteiger partial charge in [0.2, 0.25) is 5.82 Å². The van der Waals surface area contributed by atoms with Crippen LogP contribution < -0.4 is 15.4 Å². The molecule has 1 aromatic carbocycles. The number of anilines is 1. The van der Waals surface area contributed by atoms with Gasteiger partial charge in [-0.25, -0.2) is 4.98 Å². The summed E-state index contributed by atoms with van der Waals surface area (Å²) in [5.74, 6) is -1.88. The smallest absolute Gasteiger partial charge is 0.416 e. The molecule has 2 aromatic rings. The van der Waals surface area contributed by atoms with Crippen molar-refractivity contribution in [1.29, 1.82) is 0 Å². The summed E-state index contributed by atoms with van der Waals surface area (Å²) in [6, 6.07) is 4.48. The van der Waals surface area contributed by atoms with Gasteiger partial charge in [-0.15, -0.1) is 0 Å². The number of hydrogen-bond donors (Lipinski definition) is 1. The van der Waals surface area contributed by atoms with E-state index in [1.165, 1.54) is 12.1 Å². The largest absolute Gasteiger partial charge is 0.462 e. The van der Waals surface area contributed by atoms with E-state index in [0.717, 1.165) is 18.5 Å². The van der Waals surface area contributed by atoms with Crippen molar-refractivity contribution in [2.75, 3.05) is 11.4 Å². The van der Waals surface area contributed by atoms with Crippen LogP contribution in [-0.4, -0.2) is 28.5 Å². The van der Waals surface area contributed by atoms with Crippen molar-refractivity contribution in [1.82, 2.24) is 9.97 Å². The molecule has 0 bridgehead atoms. The first-order chi connectivity index (χ1) is 14.6. The number of alkyl halides is 3. The molecule has 6 nitrogen and oxygen atoms in total. The number of primary amides is 1. The third-order valence-corrected chi connectivity index (χ3v) is 5.14. The summed E-state index contributed by atoms with van der Waals surface area (Å²) in [5.41, 5.74) is 5.25. The molecule has 1 aromatic heterocycles. The molecule has 10 heteroatoms. The van der Waals surface area contributed by atoms with E-state index in [2.05, 4.69) is 9.97 Å². The second-order valence-electron chi connectivity index (χ2n) is 7.93. The Labute approximate surface area is 177 Å². The first-order valence-corrected chi connectivity index (χ1v) is 9.98. The Hall–Kier alpha value is -2.91. The molecule has 1 amide bonds. The first-order valence-electron chi connectivity index (χ1n) is 9.98. The molecule has 1 aliphatic heterocycles. The van der Waals surface area contributed by atoms with Crippen molar-refractivity contribution in [2.45, 2.75) is 51.4 Å². The number of rotatable bonds is 7. The van der Waals surface area contributed by atoms with Crippen molar-refractivity contribution in [3.05, 3.63) is 47.5 Å². The van der Waals surface area contributed by atoms with Crippen LogP contribution in [-0.2, 0) is 11.0 Å². The van der Waals surface area contributed by atoms with E-state index in [-0.39, 0.29) is 23.7 Å². The van der Waals surface area contributed by atoms with Crippen LogP contribution in [0.15, 0.2) is 30.6 Å². The summed E-state index contributed by atoms with van der Waals surface area (Å²) < 4.78 is 59.2. The average molecular weight is 440 g/mol. The number of hydrogen-bond acceptors (Lipinski definition) is 5. The third-order valence-electron chi connectivity index (χ3n) is 5.14. The highest BCUT2D eigenvalue weighted by molar-refractivity contribution is 5.79. The molecule has 1 saturated heterocycles. The van der Waals surface area contributed by atoms with Crippen molar-refractivity contribution >= 4 is 11.7 Å². The average Bonchev–Trinajstić information content (AvgIpc) is 3.17. The van der Waals surface area contributed by atoms with E-state index >= 15 is 4.39 Å². The van der Waals surface area contributed by atoms with Crippen LogP contribution in [0.1, 0.15) is 50.3 Å². The minimum absolute atomic E-state index is 0.0276. The van der Waals surface area contributed by atoms with Crippen molar-refractivity contribution in [2.24, 2.45) is 11.7 Å². The predicted molar refractivity (Wildman–Crippen MR) is 106 cm³/mol. The Bertz CT molecular complexity index is 919. The number of carbonyl (C=O) groups is 1. The fourth-order valence-corrected chi connectivity index (χ4v) is 3.67. The monoisotopic (exact) mass is 440 g/mol. The molecular formula is C21H24F4N4O2. The van der Waals surface area contributed by atoms with Gasteiger partial charge in [-0.3, -0.25) is 4.79 Å². The summed E-state index contributed by atoms with van der Waals surface area (Å²) >= 11 is 0. The van der Waals surface area contributed by atoms with E-state index in [1.54, 1.807) is 4.90 Å². The number of aromatic nitrogens is 2. The lowest BCUT2D eigenvalue weighted by atomic mass is 10.0. The molecule has 0 spiro atoms. The van der Waals surface area contributed by atoms with Gasteiger partial charge in [0.05, 0.1) is 11.6 Å². The van der Waals surface area contributed by atoms with Crippen LogP contribution in [0, 0.1) is 11.7 Å². The molecule has 2 atom stereocenters. The maximum Gasteiger partial charge on any atom is 0.416 e. The highest BCUT2D eigenvalue weighted by Gasteiger charge is 2.33. The molecule has 1 aliphatic rings. The lowest BCUT2D eigenvalue weighted by Crippen LogP contribution is -2.35. The molecule has 2 heterocycles. The second kappa shape index (κ2) is 9.07. The molecule has 31 heavy (non-hydrogen) atoms. The van der Waals surface area contributed by atoms with Gasteiger partial charge >= 0.3 is 6.18 Å². The van der Waals surface area contributed by atoms with Gasteiger partial charge in [0.25, 0.3) is 11.8 Å². The molecule has 0 radical (unpaired) electrons. The summed E-state index contributed by atoms with van der Waals surface area (Å²) in [4.78, 5) is 21.2. The Morgan fingerprint density at radius 1 is 1.26 bits per heavy atom. The molecule has 168 valence electrons. The standard InChI is InChI=1S/C21H24F4N4O2/c1-12(2)10-16(18(26)30)31-20-17(22)19(27-11-28-20)29-9-3-4-15(29)13-5-7-14(8-6-13)21(23,24)25/h5-8,11-12,15-16H,3-4,9-10H2,1-2H3,(H2,26,30). The van der Waals surface area contributed by atoms with Crippen LogP contribution in [0.2, 0.25) is 0 Å². The highest BCUT2D eigenvalue weighted by atomic mass is 19.4. The van der Waals surface area contributed by atoms with E-state index in [9.17, 15) is 18.0 Å². The zero-order chi connectivity index (χ0) is 22.8. The Balaban J connectivity index is 1.86. The summed E-state index contributed by atoms with van der Waals surface area (Å²) in [6.07, 6.45) is -2.70. The first kappa shape index (κ1) is 22.8. The second-order valence-corrected chi connectivity index (χ2v) is 7.93. The molecule has 0 saturated carbocycles. The van der Waals surface area contributed by atoms with Gasteiger partial charge in [-0.05, 0) is 42.9 Å². The Kier molecular flexibility index (Phi) is 6.66. The predicted octanol–water partition coefficient (Wildman–Crippen LogP) is 4.25. The lowest BCUT2D eigenvalue weighted by Gasteiger charge is -2.27. The Morgan fingerprint density at radius 3 is 2.52 bits per heavy atom. The number of ether oxygens (including phenoxy) is 1. The molecule has 2 N–H and O–H groups in total. The minimum Gasteiger partial charge on any atom is -0.462 e. The van der Waals surface area contributed by atoms with E-state index < -0.39 is 29.6 Å². The van der Waals surface area contributed by atoms with Gasteiger partial charge in [-0.2, -0.15) is 22.5 Å². The van der Waals surface area contributed by atoms with Crippen LogP contribution in [0.25, 0.3) is 0 Å². The van der Waals surface area contributed by atoms with Crippen LogP contribution in [0.4, 0.5) is 23.4 Å². The highest BCUT2D eigenvalue weighted by Crippen LogP contribution is 2.39. The van der Waals surface area contributed by atoms with Crippen LogP contribution in [0.5, 0.6) is 5.88 Å². The maximum absolute atomic E-state index is 15.2. The number of benzene rings is 1. The van der Waals surface area contributed by atoms with Gasteiger partial charge < -0.3 is 15.4 Å². The maximum atomic E-state index is 15.2. The minimum atomic E-state index is -4.42. The lowest BCUT2D eigenvalue weighted by molar-refractivity contribution is -0.137. The molecular weight excluding hydrogens is 416 g/mol. The zero-order valence-corrected chi connectivity index (χ0v) is 17.2. The SMILES string of the molecule is CC(C)CC(Oc1ncnc(N2CCCC2c2ccc(C(F)(F)F)cc2)c1F)C(N)=O. The van der Waals surface area contributed by atoms with Crippen molar-refractivity contribution in [3.63, 3.8) is 0 Å². The van der Waals surface area contributed by atoms with Gasteiger partial charge in [0.1, 0.15) is 6.33 Å².